The number of alkyl halides is 3. The minimum absolute atomic E-state index is 0.00479. The van der Waals surface area contributed by atoms with Crippen LogP contribution in [0.4, 0.5) is 36.4 Å². The van der Waals surface area contributed by atoms with Crippen molar-refractivity contribution in [3.8, 4) is 6.01 Å². The zero-order valence-corrected chi connectivity index (χ0v) is 29.1. The van der Waals surface area contributed by atoms with Crippen LogP contribution in [0.15, 0.2) is 72.8 Å². The van der Waals surface area contributed by atoms with Crippen molar-refractivity contribution in [1.29, 1.82) is 0 Å². The van der Waals surface area contributed by atoms with Crippen LogP contribution in [0.3, 0.4) is 0 Å². The SMILES string of the molecule is CC(C)(CNC(=O)C(=O)Nc1ccc(C(=O)O)cc1)CNC(=O)c1ccc(Nc2nc(NC3(c4ccc(Cl)cc4)CC3)nc(OCC(F)(F)F)n2)cc1. The van der Waals surface area contributed by atoms with Gasteiger partial charge in [0.2, 0.25) is 11.9 Å². The molecule has 5 rings (SSSR count). The lowest BCUT2D eigenvalue weighted by Crippen LogP contribution is -2.44. The molecule has 1 heterocycles. The van der Waals surface area contributed by atoms with E-state index >= 15 is 0 Å². The van der Waals surface area contributed by atoms with Crippen molar-refractivity contribution in [2.24, 2.45) is 5.41 Å². The molecule has 0 bridgehead atoms. The second-order valence-corrected chi connectivity index (χ2v) is 13.4. The highest BCUT2D eigenvalue weighted by Gasteiger charge is 2.45. The van der Waals surface area contributed by atoms with Crippen LogP contribution < -0.4 is 31.3 Å². The van der Waals surface area contributed by atoms with E-state index in [1.807, 2.05) is 12.1 Å². The summed E-state index contributed by atoms with van der Waals surface area (Å²) >= 11 is 6.02. The Bertz CT molecular complexity index is 1970. The summed E-state index contributed by atoms with van der Waals surface area (Å²) in [5, 5.41) is 23.3. The number of halogens is 4. The maximum Gasteiger partial charge on any atom is 0.422 e. The molecule has 53 heavy (non-hydrogen) atoms. The van der Waals surface area contributed by atoms with Crippen LogP contribution in [0.1, 0.15) is 53.0 Å². The summed E-state index contributed by atoms with van der Waals surface area (Å²) in [5.74, 6) is -3.51. The number of anilines is 4. The summed E-state index contributed by atoms with van der Waals surface area (Å²) in [6, 6.07) is 18.1. The van der Waals surface area contributed by atoms with Gasteiger partial charge in [-0.3, -0.25) is 14.4 Å². The van der Waals surface area contributed by atoms with Gasteiger partial charge in [-0.25, -0.2) is 4.79 Å². The van der Waals surface area contributed by atoms with Gasteiger partial charge in [-0.05, 0) is 84.5 Å². The van der Waals surface area contributed by atoms with Crippen molar-refractivity contribution in [3.63, 3.8) is 0 Å². The number of aromatic nitrogens is 3. The average molecular weight is 755 g/mol. The second kappa shape index (κ2) is 15.7. The Balaban J connectivity index is 1.16. The number of hydrogen-bond acceptors (Lipinski definition) is 10. The Morgan fingerprint density at radius 3 is 1.98 bits per heavy atom. The molecule has 3 aromatic carbocycles. The standard InChI is InChI=1S/C35H34ClF3N8O6/c1-33(2,18-41-27(49)28(50)42-24-13-5-21(6-14-24)29(51)52)17-40-26(48)20-3-11-25(12-4-20)43-30-44-31(46-32(45-30)53-19-35(37,38)39)47-34(15-16-34)22-7-9-23(36)10-8-22/h3-14H,15-19H2,1-2H3,(H,40,48)(H,41,49)(H,42,50)(H,51,52)(H2,43,44,45,46,47). The largest absolute Gasteiger partial charge is 0.478 e. The number of amides is 3. The lowest BCUT2D eigenvalue weighted by Gasteiger charge is -2.25. The fraction of sp³-hybridized carbons (Fsp3) is 0.286. The third kappa shape index (κ3) is 11.0. The van der Waals surface area contributed by atoms with Crippen LogP contribution in [0.2, 0.25) is 5.02 Å². The van der Waals surface area contributed by atoms with Crippen LogP contribution in [0.5, 0.6) is 6.01 Å². The number of carbonyl (C=O) groups is 4. The maximum absolute atomic E-state index is 12.9. The predicted octanol–water partition coefficient (Wildman–Crippen LogP) is 5.52. The van der Waals surface area contributed by atoms with E-state index in [4.69, 9.17) is 21.4 Å². The molecule has 3 amide bonds. The van der Waals surface area contributed by atoms with Crippen molar-refractivity contribution in [3.05, 3.63) is 94.5 Å². The molecular weight excluding hydrogens is 721 g/mol. The molecule has 0 radical (unpaired) electrons. The molecule has 1 aromatic heterocycles. The Morgan fingerprint density at radius 2 is 1.38 bits per heavy atom. The van der Waals surface area contributed by atoms with Gasteiger partial charge in [0.15, 0.2) is 6.61 Å². The number of carboxylic acid groups (broad SMARTS) is 1. The van der Waals surface area contributed by atoms with Gasteiger partial charge in [0.25, 0.3) is 5.91 Å². The highest BCUT2D eigenvalue weighted by molar-refractivity contribution is 6.39. The molecule has 0 unspecified atom stereocenters. The molecule has 1 saturated carbocycles. The number of nitrogens with zero attached hydrogens (tertiary/aromatic N) is 3. The number of ether oxygens (including phenoxy) is 1. The quantitative estimate of drug-likeness (QED) is 0.0887. The van der Waals surface area contributed by atoms with Gasteiger partial charge in [0.05, 0.1) is 11.1 Å². The molecule has 1 aliphatic rings. The summed E-state index contributed by atoms with van der Waals surface area (Å²) in [7, 11) is 0. The first-order valence-corrected chi connectivity index (χ1v) is 16.4. The first-order valence-electron chi connectivity index (χ1n) is 16.1. The van der Waals surface area contributed by atoms with Crippen LogP contribution in [0.25, 0.3) is 0 Å². The molecule has 0 aliphatic heterocycles. The summed E-state index contributed by atoms with van der Waals surface area (Å²) in [4.78, 5) is 60.9. The van der Waals surface area contributed by atoms with Crippen molar-refractivity contribution < 1.29 is 42.2 Å². The van der Waals surface area contributed by atoms with E-state index in [-0.39, 0.29) is 41.8 Å². The average Bonchev–Trinajstić information content (AvgIpc) is 3.89. The predicted molar refractivity (Wildman–Crippen MR) is 188 cm³/mol. The van der Waals surface area contributed by atoms with E-state index in [1.165, 1.54) is 36.4 Å². The van der Waals surface area contributed by atoms with Gasteiger partial charge in [-0.2, -0.15) is 28.1 Å². The van der Waals surface area contributed by atoms with E-state index in [0.717, 1.165) is 18.4 Å². The highest BCUT2D eigenvalue weighted by Crippen LogP contribution is 2.48. The molecule has 0 saturated heterocycles. The number of hydrogen-bond donors (Lipinski definition) is 6. The molecule has 4 aromatic rings. The molecule has 0 atom stereocenters. The molecule has 14 nitrogen and oxygen atoms in total. The second-order valence-electron chi connectivity index (χ2n) is 13.0. The topological polar surface area (TPSA) is 197 Å². The number of benzene rings is 3. The minimum atomic E-state index is -4.62. The lowest BCUT2D eigenvalue weighted by molar-refractivity contribution is -0.154. The first kappa shape index (κ1) is 38.3. The third-order valence-electron chi connectivity index (χ3n) is 7.93. The molecule has 1 fully saturated rings. The minimum Gasteiger partial charge on any atom is -0.478 e. The molecule has 1 aliphatic carbocycles. The number of carboxylic acids is 1. The van der Waals surface area contributed by atoms with Gasteiger partial charge < -0.3 is 36.4 Å². The van der Waals surface area contributed by atoms with Crippen LogP contribution >= 0.6 is 11.6 Å². The van der Waals surface area contributed by atoms with Gasteiger partial charge in [0, 0.05) is 35.1 Å². The first-order chi connectivity index (χ1) is 25.0. The van der Waals surface area contributed by atoms with Crippen molar-refractivity contribution in [1.82, 2.24) is 25.6 Å². The molecule has 6 N–H and O–H groups in total. The van der Waals surface area contributed by atoms with Crippen LogP contribution in [0, 0.1) is 5.41 Å². The smallest absolute Gasteiger partial charge is 0.422 e. The van der Waals surface area contributed by atoms with Crippen molar-refractivity contribution in [2.45, 2.75) is 38.4 Å². The number of carbonyl (C=O) groups excluding carboxylic acids is 3. The Morgan fingerprint density at radius 1 is 0.792 bits per heavy atom. The van der Waals surface area contributed by atoms with E-state index in [0.29, 0.717) is 10.7 Å². The zero-order chi connectivity index (χ0) is 38.4. The monoisotopic (exact) mass is 754 g/mol. The van der Waals surface area contributed by atoms with E-state index in [1.54, 1.807) is 38.1 Å². The summed E-state index contributed by atoms with van der Waals surface area (Å²) < 4.78 is 43.6. The summed E-state index contributed by atoms with van der Waals surface area (Å²) in [5.41, 5.74) is 0.677. The fourth-order valence-corrected chi connectivity index (χ4v) is 5.00. The molecular formula is C35H34ClF3N8O6. The molecule has 278 valence electrons. The zero-order valence-electron chi connectivity index (χ0n) is 28.3. The van der Waals surface area contributed by atoms with Gasteiger partial charge in [0.1, 0.15) is 0 Å². The van der Waals surface area contributed by atoms with Crippen LogP contribution in [-0.2, 0) is 15.1 Å². The normalized spacial score (nSPS) is 13.3. The van der Waals surface area contributed by atoms with E-state index in [9.17, 15) is 32.3 Å². The Hall–Kier alpha value is -5.97. The summed E-state index contributed by atoms with van der Waals surface area (Å²) in [6.07, 6.45) is -3.17. The Kier molecular flexibility index (Phi) is 11.4. The molecule has 18 heteroatoms. The van der Waals surface area contributed by atoms with Crippen molar-refractivity contribution in [2.75, 3.05) is 35.6 Å². The van der Waals surface area contributed by atoms with Gasteiger partial charge in [-0.1, -0.05) is 37.6 Å². The number of nitrogens with one attached hydrogen (secondary N) is 5. The third-order valence-corrected chi connectivity index (χ3v) is 8.18. The highest BCUT2D eigenvalue weighted by atomic mass is 35.5. The van der Waals surface area contributed by atoms with Gasteiger partial charge >= 0.3 is 30.0 Å². The number of rotatable bonds is 14. The van der Waals surface area contributed by atoms with Crippen molar-refractivity contribution >= 4 is 58.6 Å². The number of aromatic carboxylic acids is 1. The van der Waals surface area contributed by atoms with Crippen LogP contribution in [-0.4, -0.2) is 69.6 Å². The summed E-state index contributed by atoms with van der Waals surface area (Å²) in [6.45, 7) is 2.11. The fourth-order valence-electron chi connectivity index (χ4n) is 4.88. The maximum atomic E-state index is 12.9. The van der Waals surface area contributed by atoms with E-state index < -0.39 is 53.4 Å². The lowest BCUT2D eigenvalue weighted by atomic mass is 9.93. The molecule has 0 spiro atoms. The van der Waals surface area contributed by atoms with Gasteiger partial charge in [-0.15, -0.1) is 0 Å². The van der Waals surface area contributed by atoms with E-state index in [2.05, 4.69) is 41.5 Å². The Labute approximate surface area is 305 Å².